The minimum absolute atomic E-state index is 0.369. The Morgan fingerprint density at radius 2 is 1.25 bits per heavy atom. The van der Waals surface area contributed by atoms with Crippen LogP contribution in [0.1, 0.15) is 26.7 Å². The molecule has 0 aliphatic heterocycles. The second-order valence-electron chi connectivity index (χ2n) is 3.53. The molecule has 0 unspecified atom stereocenters. The van der Waals surface area contributed by atoms with Crippen LogP contribution in [0.4, 0.5) is 0 Å². The van der Waals surface area contributed by atoms with Crippen LogP contribution < -0.4 is 0 Å². The SMILES string of the molecule is C=CC[C@@](C)(O)[C@](C)(O)CC=C. The van der Waals surface area contributed by atoms with Crippen LogP contribution in [0.5, 0.6) is 0 Å². The molecule has 0 aliphatic carbocycles. The Morgan fingerprint density at radius 3 is 1.42 bits per heavy atom. The van der Waals surface area contributed by atoms with Gasteiger partial charge in [0, 0.05) is 0 Å². The first kappa shape index (κ1) is 11.4. The van der Waals surface area contributed by atoms with Gasteiger partial charge in [-0.15, -0.1) is 13.2 Å². The van der Waals surface area contributed by atoms with Crippen LogP contribution in [0.2, 0.25) is 0 Å². The Morgan fingerprint density at radius 1 is 1.00 bits per heavy atom. The molecular formula is C10H18O2. The lowest BCUT2D eigenvalue weighted by atomic mass is 9.81. The number of rotatable bonds is 5. The van der Waals surface area contributed by atoms with Crippen LogP contribution in [-0.2, 0) is 0 Å². The van der Waals surface area contributed by atoms with E-state index in [4.69, 9.17) is 0 Å². The summed E-state index contributed by atoms with van der Waals surface area (Å²) >= 11 is 0. The highest BCUT2D eigenvalue weighted by atomic mass is 16.4. The fraction of sp³-hybridized carbons (Fsp3) is 0.600. The van der Waals surface area contributed by atoms with Crippen LogP contribution >= 0.6 is 0 Å². The molecule has 0 fully saturated rings. The van der Waals surface area contributed by atoms with Crippen molar-refractivity contribution in [3.05, 3.63) is 25.3 Å². The lowest BCUT2D eigenvalue weighted by Crippen LogP contribution is -2.49. The lowest BCUT2D eigenvalue weighted by Gasteiger charge is -2.37. The number of aliphatic hydroxyl groups is 2. The molecule has 70 valence electrons. The van der Waals surface area contributed by atoms with Gasteiger partial charge in [0.2, 0.25) is 0 Å². The van der Waals surface area contributed by atoms with E-state index >= 15 is 0 Å². The zero-order chi connectivity index (χ0) is 9.83. The predicted molar refractivity (Wildman–Crippen MR) is 50.9 cm³/mol. The van der Waals surface area contributed by atoms with Gasteiger partial charge >= 0.3 is 0 Å². The second kappa shape index (κ2) is 3.87. The zero-order valence-electron chi connectivity index (χ0n) is 7.88. The maximum Gasteiger partial charge on any atom is 0.0939 e. The normalized spacial score (nSPS) is 20.7. The molecule has 12 heavy (non-hydrogen) atoms. The topological polar surface area (TPSA) is 40.5 Å². The van der Waals surface area contributed by atoms with E-state index in [0.29, 0.717) is 12.8 Å². The first-order valence-corrected chi connectivity index (χ1v) is 4.04. The number of hydrogen-bond donors (Lipinski definition) is 2. The van der Waals surface area contributed by atoms with Gasteiger partial charge in [0.15, 0.2) is 0 Å². The summed E-state index contributed by atoms with van der Waals surface area (Å²) in [5.74, 6) is 0. The Labute approximate surface area is 74.2 Å². The van der Waals surface area contributed by atoms with Gasteiger partial charge in [0.25, 0.3) is 0 Å². The van der Waals surface area contributed by atoms with Crippen LogP contribution in [0.15, 0.2) is 25.3 Å². The molecule has 0 aliphatic rings. The molecule has 0 radical (unpaired) electrons. The van der Waals surface area contributed by atoms with Crippen molar-refractivity contribution in [1.82, 2.24) is 0 Å². The highest BCUT2D eigenvalue weighted by Crippen LogP contribution is 2.28. The van der Waals surface area contributed by atoms with Crippen molar-refractivity contribution in [2.24, 2.45) is 0 Å². The van der Waals surface area contributed by atoms with Crippen molar-refractivity contribution in [3.63, 3.8) is 0 Å². The summed E-state index contributed by atoms with van der Waals surface area (Å²) in [5.41, 5.74) is -2.27. The third-order valence-corrected chi connectivity index (χ3v) is 2.24. The first-order valence-electron chi connectivity index (χ1n) is 4.04. The van der Waals surface area contributed by atoms with Crippen LogP contribution in [-0.4, -0.2) is 21.4 Å². The predicted octanol–water partition coefficient (Wildman–Crippen LogP) is 1.64. The van der Waals surface area contributed by atoms with Crippen molar-refractivity contribution in [3.8, 4) is 0 Å². The summed E-state index contributed by atoms with van der Waals surface area (Å²) in [7, 11) is 0. The molecule has 2 atom stereocenters. The molecule has 0 rings (SSSR count). The van der Waals surface area contributed by atoms with Gasteiger partial charge in [0.1, 0.15) is 0 Å². The Kier molecular flexibility index (Phi) is 3.68. The fourth-order valence-electron chi connectivity index (χ4n) is 1.00. The maximum absolute atomic E-state index is 9.80. The average molecular weight is 170 g/mol. The lowest BCUT2D eigenvalue weighted by molar-refractivity contribution is -0.126. The van der Waals surface area contributed by atoms with E-state index in [0.717, 1.165) is 0 Å². The molecule has 0 amide bonds. The highest BCUT2D eigenvalue weighted by Gasteiger charge is 2.39. The number of hydrogen-bond acceptors (Lipinski definition) is 2. The molecule has 2 nitrogen and oxygen atoms in total. The van der Waals surface area contributed by atoms with Crippen molar-refractivity contribution < 1.29 is 10.2 Å². The van der Waals surface area contributed by atoms with E-state index in [2.05, 4.69) is 13.2 Å². The maximum atomic E-state index is 9.80. The van der Waals surface area contributed by atoms with E-state index in [-0.39, 0.29) is 0 Å². The summed E-state index contributed by atoms with van der Waals surface area (Å²) in [6.45, 7) is 10.2. The van der Waals surface area contributed by atoms with Gasteiger partial charge in [-0.25, -0.2) is 0 Å². The minimum atomic E-state index is -1.14. The van der Waals surface area contributed by atoms with E-state index in [1.54, 1.807) is 26.0 Å². The summed E-state index contributed by atoms with van der Waals surface area (Å²) < 4.78 is 0. The third kappa shape index (κ3) is 2.47. The molecule has 0 heterocycles. The van der Waals surface area contributed by atoms with Gasteiger partial charge in [-0.05, 0) is 26.7 Å². The van der Waals surface area contributed by atoms with Crippen molar-refractivity contribution >= 4 is 0 Å². The summed E-state index contributed by atoms with van der Waals surface area (Å²) in [6, 6.07) is 0. The van der Waals surface area contributed by atoms with Gasteiger partial charge in [-0.2, -0.15) is 0 Å². The molecule has 0 saturated carbocycles. The minimum Gasteiger partial charge on any atom is -0.387 e. The summed E-state index contributed by atoms with van der Waals surface area (Å²) in [6.07, 6.45) is 3.93. The first-order chi connectivity index (χ1) is 5.37. The van der Waals surface area contributed by atoms with E-state index in [1.807, 2.05) is 0 Å². The van der Waals surface area contributed by atoms with E-state index < -0.39 is 11.2 Å². The van der Waals surface area contributed by atoms with Crippen LogP contribution in [0, 0.1) is 0 Å². The fourth-order valence-corrected chi connectivity index (χ4v) is 1.00. The van der Waals surface area contributed by atoms with Crippen molar-refractivity contribution in [1.29, 1.82) is 0 Å². The largest absolute Gasteiger partial charge is 0.387 e. The molecule has 2 heteroatoms. The molecule has 0 aromatic heterocycles. The monoisotopic (exact) mass is 170 g/mol. The Hall–Kier alpha value is -0.600. The van der Waals surface area contributed by atoms with Gasteiger partial charge < -0.3 is 10.2 Å². The average Bonchev–Trinajstić information content (AvgIpc) is 1.86. The van der Waals surface area contributed by atoms with Gasteiger partial charge in [0.05, 0.1) is 11.2 Å². The van der Waals surface area contributed by atoms with Crippen molar-refractivity contribution in [2.45, 2.75) is 37.9 Å². The molecule has 0 aromatic rings. The standard InChI is InChI=1S/C10H18O2/c1-5-7-9(3,11)10(4,12)8-6-2/h5-6,11-12H,1-2,7-8H2,3-4H3/t9-,10-/m1/s1. The zero-order valence-corrected chi connectivity index (χ0v) is 7.88. The van der Waals surface area contributed by atoms with Gasteiger partial charge in [-0.3, -0.25) is 0 Å². The second-order valence-corrected chi connectivity index (χ2v) is 3.53. The Bertz CT molecular complexity index is 149. The molecule has 0 bridgehead atoms. The quantitative estimate of drug-likeness (QED) is 0.616. The van der Waals surface area contributed by atoms with Crippen LogP contribution in [0.3, 0.4) is 0 Å². The van der Waals surface area contributed by atoms with Crippen LogP contribution in [0.25, 0.3) is 0 Å². The molecule has 0 aromatic carbocycles. The molecular weight excluding hydrogens is 152 g/mol. The molecule has 2 N–H and O–H groups in total. The Balaban J connectivity index is 4.48. The highest BCUT2D eigenvalue weighted by molar-refractivity contribution is 5.00. The van der Waals surface area contributed by atoms with Gasteiger partial charge in [-0.1, -0.05) is 12.2 Å². The van der Waals surface area contributed by atoms with E-state index in [1.165, 1.54) is 0 Å². The third-order valence-electron chi connectivity index (χ3n) is 2.24. The van der Waals surface area contributed by atoms with Crippen molar-refractivity contribution in [2.75, 3.05) is 0 Å². The smallest absolute Gasteiger partial charge is 0.0939 e. The summed E-state index contributed by atoms with van der Waals surface area (Å²) in [4.78, 5) is 0. The van der Waals surface area contributed by atoms with E-state index in [9.17, 15) is 10.2 Å². The molecule has 0 saturated heterocycles. The summed E-state index contributed by atoms with van der Waals surface area (Å²) in [5, 5.41) is 19.6. The molecule has 0 spiro atoms.